The monoisotopic (exact) mass is 96.0 g/mol. The van der Waals surface area contributed by atoms with Crippen LogP contribution in [0.2, 0.25) is 0 Å². The zero-order valence-corrected chi connectivity index (χ0v) is 3.57. The predicted octanol–water partition coefficient (Wildman–Crippen LogP) is -0.546. The first-order chi connectivity index (χ1) is 3.39. The molecule has 0 atom stereocenters. The Kier molecular flexibility index (Phi) is 0.856. The van der Waals surface area contributed by atoms with Crippen LogP contribution in [0.4, 0.5) is 5.95 Å². The summed E-state index contributed by atoms with van der Waals surface area (Å²) in [6.07, 6.45) is 2.70. The van der Waals surface area contributed by atoms with Crippen molar-refractivity contribution in [3.05, 3.63) is 12.7 Å². The molecule has 1 heterocycles. The van der Waals surface area contributed by atoms with Gasteiger partial charge in [0.1, 0.15) is 12.7 Å². The first-order valence-corrected chi connectivity index (χ1v) is 1.77. The van der Waals surface area contributed by atoms with Crippen LogP contribution in [0, 0.1) is 0 Å². The maximum atomic E-state index is 5.10. The topological polar surface area (TPSA) is 64.7 Å². The summed E-state index contributed by atoms with van der Waals surface area (Å²) in [7, 11) is 0. The molecule has 0 fully saturated rings. The Morgan fingerprint density at radius 3 is 2.14 bits per heavy atom. The normalized spacial score (nSPS) is 8.57. The van der Waals surface area contributed by atoms with Crippen LogP contribution in [0.3, 0.4) is 0 Å². The van der Waals surface area contributed by atoms with Crippen molar-refractivity contribution in [1.82, 2.24) is 15.0 Å². The summed E-state index contributed by atoms with van der Waals surface area (Å²) in [5, 5.41) is 0. The predicted molar refractivity (Wildman–Crippen MR) is 24.2 cm³/mol. The molecule has 0 spiro atoms. The Balaban J connectivity index is 3.02. The lowest BCUT2D eigenvalue weighted by molar-refractivity contribution is 1.06. The lowest BCUT2D eigenvalue weighted by Crippen LogP contribution is -1.92. The summed E-state index contributed by atoms with van der Waals surface area (Å²) in [6, 6.07) is 0. The molecule has 0 aliphatic carbocycles. The van der Waals surface area contributed by atoms with Crippen molar-refractivity contribution in [2.24, 2.45) is 0 Å². The highest BCUT2D eigenvalue weighted by atomic mass is 15.0. The molecule has 0 aliphatic rings. The van der Waals surface area contributed by atoms with E-state index in [0.29, 0.717) is 0 Å². The molecule has 4 nitrogen and oxygen atoms in total. The Morgan fingerprint density at radius 1 is 1.29 bits per heavy atom. The number of nitrogens with two attached hydrogens (primary N) is 1. The third-order valence-electron chi connectivity index (χ3n) is 0.513. The van der Waals surface area contributed by atoms with E-state index in [1.807, 2.05) is 0 Å². The van der Waals surface area contributed by atoms with Gasteiger partial charge >= 0.3 is 0 Å². The summed E-state index contributed by atoms with van der Waals surface area (Å²) < 4.78 is 0. The maximum Gasteiger partial charge on any atom is 0.222 e. The summed E-state index contributed by atoms with van der Waals surface area (Å²) in [4.78, 5) is 10.6. The number of hydrogen-bond acceptors (Lipinski definition) is 4. The van der Waals surface area contributed by atoms with Gasteiger partial charge in [0, 0.05) is 0 Å². The molecule has 2 N–H and O–H groups in total. The van der Waals surface area contributed by atoms with E-state index < -0.39 is 0 Å². The SMILES string of the molecule is Nc1ncncn1. The minimum Gasteiger partial charge on any atom is -0.368 e. The maximum absolute atomic E-state index is 5.10. The van der Waals surface area contributed by atoms with Gasteiger partial charge in [-0.2, -0.15) is 0 Å². The number of anilines is 1. The van der Waals surface area contributed by atoms with Crippen molar-refractivity contribution >= 4 is 5.95 Å². The van der Waals surface area contributed by atoms with E-state index in [9.17, 15) is 0 Å². The second-order valence-electron chi connectivity index (χ2n) is 0.996. The molecule has 7 heavy (non-hydrogen) atoms. The van der Waals surface area contributed by atoms with Crippen LogP contribution < -0.4 is 5.73 Å². The Hall–Kier alpha value is -1.19. The molecule has 4 heteroatoms. The zero-order chi connectivity index (χ0) is 5.11. The minimum absolute atomic E-state index is 0.259. The number of aromatic nitrogens is 3. The third kappa shape index (κ3) is 0.819. The summed E-state index contributed by atoms with van der Waals surface area (Å²) in [5.41, 5.74) is 5.10. The fraction of sp³-hybridized carbons (Fsp3) is 0. The van der Waals surface area contributed by atoms with Gasteiger partial charge in [-0.3, -0.25) is 0 Å². The minimum atomic E-state index is 0.259. The summed E-state index contributed by atoms with van der Waals surface area (Å²) >= 11 is 0. The van der Waals surface area contributed by atoms with Gasteiger partial charge in [0.2, 0.25) is 5.95 Å². The molecule has 0 aliphatic heterocycles. The van der Waals surface area contributed by atoms with Gasteiger partial charge in [-0.15, -0.1) is 0 Å². The van der Waals surface area contributed by atoms with Crippen LogP contribution in [0.5, 0.6) is 0 Å². The van der Waals surface area contributed by atoms with E-state index in [-0.39, 0.29) is 5.95 Å². The van der Waals surface area contributed by atoms with Crippen LogP contribution in [0.1, 0.15) is 0 Å². The van der Waals surface area contributed by atoms with Crippen LogP contribution in [-0.2, 0) is 0 Å². The third-order valence-corrected chi connectivity index (χ3v) is 0.513. The van der Waals surface area contributed by atoms with Crippen LogP contribution >= 0.6 is 0 Å². The second kappa shape index (κ2) is 1.51. The van der Waals surface area contributed by atoms with Gasteiger partial charge in [0.15, 0.2) is 0 Å². The molecule has 0 aromatic carbocycles. The highest BCUT2D eigenvalue weighted by Gasteiger charge is 1.76. The van der Waals surface area contributed by atoms with Gasteiger partial charge in [0.25, 0.3) is 0 Å². The molecule has 36 valence electrons. The smallest absolute Gasteiger partial charge is 0.222 e. The van der Waals surface area contributed by atoms with Gasteiger partial charge in [0.05, 0.1) is 0 Å². The van der Waals surface area contributed by atoms with E-state index in [1.165, 1.54) is 12.7 Å². The molecule has 0 unspecified atom stereocenters. The van der Waals surface area contributed by atoms with E-state index >= 15 is 0 Å². The highest BCUT2D eigenvalue weighted by molar-refractivity contribution is 5.08. The summed E-state index contributed by atoms with van der Waals surface area (Å²) in [6.45, 7) is 0. The van der Waals surface area contributed by atoms with E-state index in [4.69, 9.17) is 5.73 Å². The standard InChI is InChI=1S/C3H4N4/c4-3-6-1-5-2-7-3/h1-2H,(H2,4,5,6,7). The number of rotatable bonds is 0. The fourth-order valence-corrected chi connectivity index (χ4v) is 0.248. The Labute approximate surface area is 40.4 Å². The lowest BCUT2D eigenvalue weighted by Gasteiger charge is -1.81. The van der Waals surface area contributed by atoms with Gasteiger partial charge in [-0.25, -0.2) is 15.0 Å². The van der Waals surface area contributed by atoms with Crippen LogP contribution in [0.25, 0.3) is 0 Å². The molecule has 0 amide bonds. The first kappa shape index (κ1) is 3.98. The van der Waals surface area contributed by atoms with E-state index in [1.54, 1.807) is 0 Å². The molecule has 1 rings (SSSR count). The van der Waals surface area contributed by atoms with Crippen molar-refractivity contribution in [1.29, 1.82) is 0 Å². The number of nitrogens with zero attached hydrogens (tertiary/aromatic N) is 3. The molecule has 0 bridgehead atoms. The van der Waals surface area contributed by atoms with Crippen LogP contribution in [0.15, 0.2) is 12.7 Å². The van der Waals surface area contributed by atoms with Crippen molar-refractivity contribution in [3.63, 3.8) is 0 Å². The van der Waals surface area contributed by atoms with Crippen molar-refractivity contribution < 1.29 is 0 Å². The average molecular weight is 96.1 g/mol. The number of nitrogen functional groups attached to an aromatic ring is 1. The highest BCUT2D eigenvalue weighted by Crippen LogP contribution is 1.77. The fourth-order valence-electron chi connectivity index (χ4n) is 0.248. The first-order valence-electron chi connectivity index (χ1n) is 1.77. The van der Waals surface area contributed by atoms with Gasteiger partial charge < -0.3 is 5.73 Å². The molecular weight excluding hydrogens is 92.1 g/mol. The van der Waals surface area contributed by atoms with E-state index in [0.717, 1.165) is 0 Å². The van der Waals surface area contributed by atoms with Crippen LogP contribution in [-0.4, -0.2) is 15.0 Å². The average Bonchev–Trinajstić information content (AvgIpc) is 1.69. The summed E-state index contributed by atoms with van der Waals surface area (Å²) in [5.74, 6) is 0.259. The van der Waals surface area contributed by atoms with Crippen molar-refractivity contribution in [2.45, 2.75) is 0 Å². The second-order valence-corrected chi connectivity index (χ2v) is 0.996. The lowest BCUT2D eigenvalue weighted by atomic mass is 11.0. The van der Waals surface area contributed by atoms with Gasteiger partial charge in [-0.1, -0.05) is 0 Å². The van der Waals surface area contributed by atoms with Gasteiger partial charge in [-0.05, 0) is 0 Å². The Bertz CT molecular complexity index is 137. The molecule has 0 radical (unpaired) electrons. The van der Waals surface area contributed by atoms with E-state index in [2.05, 4.69) is 15.0 Å². The quantitative estimate of drug-likeness (QED) is 0.470. The molecule has 0 saturated carbocycles. The molecular formula is C3H4N4. The zero-order valence-electron chi connectivity index (χ0n) is 3.57. The number of hydrogen-bond donors (Lipinski definition) is 1. The molecule has 1 aromatic heterocycles. The largest absolute Gasteiger partial charge is 0.368 e. The molecule has 1 aromatic rings. The van der Waals surface area contributed by atoms with Crippen molar-refractivity contribution in [2.75, 3.05) is 5.73 Å². The Morgan fingerprint density at radius 2 is 1.86 bits per heavy atom. The van der Waals surface area contributed by atoms with Crippen molar-refractivity contribution in [3.8, 4) is 0 Å². The molecule has 0 saturated heterocycles.